The number of nitrogen functional groups attached to an aromatic ring is 1. The normalized spacial score (nSPS) is 9.93. The molecule has 0 aliphatic heterocycles. The Balaban J connectivity index is 2.85. The maximum Gasteiger partial charge on any atom is 0.227 e. The fourth-order valence-electron chi connectivity index (χ4n) is 1.03. The third kappa shape index (κ3) is 2.42. The minimum absolute atomic E-state index is 0.136. The Kier molecular flexibility index (Phi) is 3.01. The van der Waals surface area contributed by atoms with Gasteiger partial charge in [0.2, 0.25) is 5.95 Å². The van der Waals surface area contributed by atoms with E-state index in [1.54, 1.807) is 11.9 Å². The Morgan fingerprint density at radius 3 is 2.86 bits per heavy atom. The average molecular weight is 196 g/mol. The van der Waals surface area contributed by atoms with Crippen LogP contribution < -0.4 is 10.6 Å². The molecule has 0 aliphatic rings. The van der Waals surface area contributed by atoms with Crippen LogP contribution in [-0.2, 0) is 0 Å². The monoisotopic (exact) mass is 196 g/mol. The van der Waals surface area contributed by atoms with Gasteiger partial charge in [0.25, 0.3) is 0 Å². The predicted octanol–water partition coefficient (Wildman–Crippen LogP) is 1.21. The van der Waals surface area contributed by atoms with Crippen molar-refractivity contribution in [2.45, 2.75) is 6.92 Å². The van der Waals surface area contributed by atoms with E-state index in [0.29, 0.717) is 12.5 Å². The van der Waals surface area contributed by atoms with Gasteiger partial charge in [0.1, 0.15) is 0 Å². The number of aromatic nitrogens is 2. The standard InChI is InChI=1S/C9H13FN4/c1-6(2)5-14(3)9-12-4-7(10)8(11)13-9/h4H,1,5H2,2-3H3,(H2,11,12,13). The molecule has 0 amide bonds. The molecule has 0 atom stereocenters. The lowest BCUT2D eigenvalue weighted by Gasteiger charge is -2.16. The molecule has 76 valence electrons. The molecular formula is C9H13FN4. The minimum Gasteiger partial charge on any atom is -0.381 e. The van der Waals surface area contributed by atoms with Gasteiger partial charge in [-0.15, -0.1) is 0 Å². The third-order valence-corrected chi connectivity index (χ3v) is 1.61. The number of halogens is 1. The summed E-state index contributed by atoms with van der Waals surface area (Å²) in [5, 5.41) is 0. The van der Waals surface area contributed by atoms with Crippen molar-refractivity contribution in [2.24, 2.45) is 0 Å². The topological polar surface area (TPSA) is 55.0 Å². The molecule has 0 saturated heterocycles. The summed E-state index contributed by atoms with van der Waals surface area (Å²) in [5.74, 6) is -0.340. The Bertz CT molecular complexity index is 351. The Morgan fingerprint density at radius 1 is 1.71 bits per heavy atom. The van der Waals surface area contributed by atoms with E-state index in [-0.39, 0.29) is 5.82 Å². The maximum atomic E-state index is 12.7. The van der Waals surface area contributed by atoms with Crippen LogP contribution in [0, 0.1) is 5.82 Å². The fourth-order valence-corrected chi connectivity index (χ4v) is 1.03. The van der Waals surface area contributed by atoms with Crippen LogP contribution >= 0.6 is 0 Å². The van der Waals surface area contributed by atoms with Crippen molar-refractivity contribution < 1.29 is 4.39 Å². The molecule has 1 aromatic rings. The van der Waals surface area contributed by atoms with Gasteiger partial charge in [-0.25, -0.2) is 9.37 Å². The molecule has 0 radical (unpaired) electrons. The summed E-state index contributed by atoms with van der Waals surface area (Å²) in [4.78, 5) is 9.36. The molecule has 0 aliphatic carbocycles. The van der Waals surface area contributed by atoms with Crippen LogP contribution in [0.4, 0.5) is 16.2 Å². The van der Waals surface area contributed by atoms with Crippen molar-refractivity contribution in [2.75, 3.05) is 24.2 Å². The van der Waals surface area contributed by atoms with Gasteiger partial charge in [-0.1, -0.05) is 12.2 Å². The lowest BCUT2D eigenvalue weighted by atomic mass is 10.3. The maximum absolute atomic E-state index is 12.7. The van der Waals surface area contributed by atoms with Crippen molar-refractivity contribution in [1.82, 2.24) is 9.97 Å². The van der Waals surface area contributed by atoms with Crippen LogP contribution in [0.5, 0.6) is 0 Å². The van der Waals surface area contributed by atoms with Gasteiger partial charge in [-0.05, 0) is 6.92 Å². The first kappa shape index (κ1) is 10.4. The highest BCUT2D eigenvalue weighted by atomic mass is 19.1. The zero-order chi connectivity index (χ0) is 10.7. The zero-order valence-corrected chi connectivity index (χ0v) is 8.29. The molecule has 0 bridgehead atoms. The molecule has 0 spiro atoms. The molecule has 0 aromatic carbocycles. The summed E-state index contributed by atoms with van der Waals surface area (Å²) in [7, 11) is 1.79. The van der Waals surface area contributed by atoms with E-state index < -0.39 is 5.82 Å². The summed E-state index contributed by atoms with van der Waals surface area (Å²) < 4.78 is 12.7. The van der Waals surface area contributed by atoms with Gasteiger partial charge in [0.15, 0.2) is 11.6 Å². The van der Waals surface area contributed by atoms with Crippen LogP contribution in [0.15, 0.2) is 18.3 Å². The van der Waals surface area contributed by atoms with Crippen molar-refractivity contribution in [3.63, 3.8) is 0 Å². The van der Waals surface area contributed by atoms with Gasteiger partial charge < -0.3 is 10.6 Å². The van der Waals surface area contributed by atoms with Gasteiger partial charge in [0.05, 0.1) is 6.20 Å². The van der Waals surface area contributed by atoms with E-state index in [1.807, 2.05) is 6.92 Å². The summed E-state index contributed by atoms with van der Waals surface area (Å²) in [6.45, 7) is 6.27. The van der Waals surface area contributed by atoms with Crippen molar-refractivity contribution in [3.05, 3.63) is 24.2 Å². The van der Waals surface area contributed by atoms with E-state index >= 15 is 0 Å². The van der Waals surface area contributed by atoms with Crippen LogP contribution in [0.2, 0.25) is 0 Å². The number of nitrogens with zero attached hydrogens (tertiary/aromatic N) is 3. The molecule has 1 heterocycles. The first-order valence-electron chi connectivity index (χ1n) is 4.14. The lowest BCUT2D eigenvalue weighted by Crippen LogP contribution is -2.22. The van der Waals surface area contributed by atoms with E-state index in [1.165, 1.54) is 0 Å². The molecule has 1 aromatic heterocycles. The van der Waals surface area contributed by atoms with Gasteiger partial charge >= 0.3 is 0 Å². The van der Waals surface area contributed by atoms with Gasteiger partial charge in [0, 0.05) is 13.6 Å². The van der Waals surface area contributed by atoms with Crippen molar-refractivity contribution in [3.8, 4) is 0 Å². The second-order valence-electron chi connectivity index (χ2n) is 3.22. The first-order chi connectivity index (χ1) is 6.50. The molecule has 5 heteroatoms. The average Bonchev–Trinajstić information content (AvgIpc) is 2.08. The SMILES string of the molecule is C=C(C)CN(C)c1ncc(F)c(N)n1. The molecule has 0 unspecified atom stereocenters. The summed E-state index contributed by atoms with van der Waals surface area (Å²) in [5.41, 5.74) is 6.29. The largest absolute Gasteiger partial charge is 0.381 e. The Hall–Kier alpha value is -1.65. The first-order valence-corrected chi connectivity index (χ1v) is 4.14. The van der Waals surface area contributed by atoms with Crippen LogP contribution in [0.1, 0.15) is 6.92 Å². The van der Waals surface area contributed by atoms with Crippen molar-refractivity contribution >= 4 is 11.8 Å². The highest BCUT2D eigenvalue weighted by molar-refractivity contribution is 5.39. The third-order valence-electron chi connectivity index (χ3n) is 1.61. The molecule has 14 heavy (non-hydrogen) atoms. The second-order valence-corrected chi connectivity index (χ2v) is 3.22. The number of likely N-dealkylation sites (N-methyl/N-ethyl adjacent to an activating group) is 1. The quantitative estimate of drug-likeness (QED) is 0.738. The molecular weight excluding hydrogens is 183 g/mol. The summed E-state index contributed by atoms with van der Waals surface area (Å²) >= 11 is 0. The Labute approximate surface area is 82.3 Å². The lowest BCUT2D eigenvalue weighted by molar-refractivity contribution is 0.618. The van der Waals surface area contributed by atoms with Crippen LogP contribution in [0.3, 0.4) is 0 Å². The van der Waals surface area contributed by atoms with E-state index in [0.717, 1.165) is 11.8 Å². The molecule has 0 fully saturated rings. The minimum atomic E-state index is -0.600. The highest BCUT2D eigenvalue weighted by Gasteiger charge is 2.07. The second kappa shape index (κ2) is 4.04. The van der Waals surface area contributed by atoms with E-state index in [9.17, 15) is 4.39 Å². The van der Waals surface area contributed by atoms with Gasteiger partial charge in [-0.2, -0.15) is 4.98 Å². The zero-order valence-electron chi connectivity index (χ0n) is 8.29. The molecule has 4 nitrogen and oxygen atoms in total. The van der Waals surface area contributed by atoms with Crippen molar-refractivity contribution in [1.29, 1.82) is 0 Å². The van der Waals surface area contributed by atoms with Crippen LogP contribution in [-0.4, -0.2) is 23.6 Å². The molecule has 2 N–H and O–H groups in total. The summed E-state index contributed by atoms with van der Waals surface area (Å²) in [6, 6.07) is 0. The number of hydrogen-bond donors (Lipinski definition) is 1. The predicted molar refractivity (Wildman–Crippen MR) is 54.5 cm³/mol. The van der Waals surface area contributed by atoms with Crippen LogP contribution in [0.25, 0.3) is 0 Å². The number of rotatable bonds is 3. The summed E-state index contributed by atoms with van der Waals surface area (Å²) in [6.07, 6.45) is 1.06. The smallest absolute Gasteiger partial charge is 0.227 e. The number of anilines is 2. The molecule has 1 rings (SSSR count). The van der Waals surface area contributed by atoms with Gasteiger partial charge in [-0.3, -0.25) is 0 Å². The Morgan fingerprint density at radius 2 is 2.36 bits per heavy atom. The molecule has 0 saturated carbocycles. The number of nitrogens with two attached hydrogens (primary N) is 1. The van der Waals surface area contributed by atoms with E-state index in [4.69, 9.17) is 5.73 Å². The van der Waals surface area contributed by atoms with E-state index in [2.05, 4.69) is 16.5 Å². The fraction of sp³-hybridized carbons (Fsp3) is 0.333. The number of hydrogen-bond acceptors (Lipinski definition) is 4. The highest BCUT2D eigenvalue weighted by Crippen LogP contribution is 2.11.